The first kappa shape index (κ1) is 12.6. The molecule has 1 aliphatic heterocycles. The second-order valence-electron chi connectivity index (χ2n) is 6.33. The van der Waals surface area contributed by atoms with Gasteiger partial charge in [0.1, 0.15) is 0 Å². The molecule has 0 radical (unpaired) electrons. The van der Waals surface area contributed by atoms with E-state index in [0.717, 1.165) is 5.92 Å². The molecular formula is C14H25N3. The van der Waals surface area contributed by atoms with Crippen molar-refractivity contribution in [3.05, 3.63) is 18.2 Å². The van der Waals surface area contributed by atoms with E-state index in [1.165, 1.54) is 38.0 Å². The summed E-state index contributed by atoms with van der Waals surface area (Å²) in [5.41, 5.74) is 1.68. The zero-order chi connectivity index (χ0) is 12.5. The second kappa shape index (κ2) is 4.81. The molecule has 1 saturated heterocycles. The van der Waals surface area contributed by atoms with Gasteiger partial charge in [-0.2, -0.15) is 0 Å². The van der Waals surface area contributed by atoms with Crippen LogP contribution in [0.2, 0.25) is 0 Å². The van der Waals surface area contributed by atoms with Gasteiger partial charge in [0.15, 0.2) is 0 Å². The van der Waals surface area contributed by atoms with E-state index in [4.69, 9.17) is 0 Å². The van der Waals surface area contributed by atoms with Crippen LogP contribution in [0.25, 0.3) is 0 Å². The monoisotopic (exact) mass is 235 g/mol. The molecule has 96 valence electrons. The van der Waals surface area contributed by atoms with Gasteiger partial charge in [-0.1, -0.05) is 0 Å². The van der Waals surface area contributed by atoms with E-state index in [9.17, 15) is 0 Å². The lowest BCUT2D eigenvalue weighted by atomic mass is 9.90. The van der Waals surface area contributed by atoms with Crippen molar-refractivity contribution in [2.24, 2.45) is 13.0 Å². The molecule has 1 unspecified atom stereocenters. The summed E-state index contributed by atoms with van der Waals surface area (Å²) in [7, 11) is 2.09. The summed E-state index contributed by atoms with van der Waals surface area (Å²) in [5, 5.41) is 0. The van der Waals surface area contributed by atoms with Crippen LogP contribution in [0.15, 0.2) is 12.5 Å². The molecule has 0 N–H and O–H groups in total. The lowest BCUT2D eigenvalue weighted by molar-refractivity contribution is 0.0785. The van der Waals surface area contributed by atoms with Crippen molar-refractivity contribution in [3.8, 4) is 0 Å². The van der Waals surface area contributed by atoms with E-state index in [2.05, 4.69) is 42.3 Å². The molecular weight excluding hydrogens is 210 g/mol. The van der Waals surface area contributed by atoms with Crippen molar-refractivity contribution in [3.63, 3.8) is 0 Å². The van der Waals surface area contributed by atoms with Gasteiger partial charge in [-0.05, 0) is 52.5 Å². The van der Waals surface area contributed by atoms with Crippen LogP contribution >= 0.6 is 0 Å². The van der Waals surface area contributed by atoms with Crippen molar-refractivity contribution in [1.82, 2.24) is 14.5 Å². The molecule has 1 atom stereocenters. The third-order valence-electron chi connectivity index (χ3n) is 3.88. The average Bonchev–Trinajstić information content (AvgIpc) is 2.64. The third kappa shape index (κ3) is 3.09. The van der Waals surface area contributed by atoms with Gasteiger partial charge in [0.25, 0.3) is 0 Å². The molecule has 1 aromatic rings. The minimum Gasteiger partial charge on any atom is -0.338 e. The fraction of sp³-hybridized carbons (Fsp3) is 0.786. The van der Waals surface area contributed by atoms with E-state index in [-0.39, 0.29) is 0 Å². The molecule has 3 nitrogen and oxygen atoms in total. The van der Waals surface area contributed by atoms with Gasteiger partial charge < -0.3 is 4.57 Å². The van der Waals surface area contributed by atoms with Crippen LogP contribution in [0, 0.1) is 5.92 Å². The van der Waals surface area contributed by atoms with Crippen LogP contribution < -0.4 is 0 Å². The van der Waals surface area contributed by atoms with Crippen molar-refractivity contribution < 1.29 is 0 Å². The number of likely N-dealkylation sites (tertiary alicyclic amines) is 1. The number of hydrogen-bond donors (Lipinski definition) is 0. The fourth-order valence-corrected chi connectivity index (χ4v) is 2.72. The number of nitrogens with zero attached hydrogens (tertiary/aromatic N) is 3. The number of aryl methyl sites for hydroxylation is 1. The van der Waals surface area contributed by atoms with Crippen molar-refractivity contribution in [1.29, 1.82) is 0 Å². The Kier molecular flexibility index (Phi) is 3.57. The van der Waals surface area contributed by atoms with Gasteiger partial charge >= 0.3 is 0 Å². The van der Waals surface area contributed by atoms with Gasteiger partial charge in [-0.15, -0.1) is 0 Å². The first-order valence-corrected chi connectivity index (χ1v) is 6.67. The Bertz CT molecular complexity index is 362. The van der Waals surface area contributed by atoms with Crippen LogP contribution in [0.5, 0.6) is 0 Å². The maximum absolute atomic E-state index is 4.20. The van der Waals surface area contributed by atoms with Crippen molar-refractivity contribution in [2.75, 3.05) is 13.1 Å². The zero-order valence-electron chi connectivity index (χ0n) is 11.6. The predicted octanol–water partition coefficient (Wildman–Crippen LogP) is 2.47. The highest BCUT2D eigenvalue weighted by Gasteiger charge is 2.28. The molecule has 0 bridgehead atoms. The van der Waals surface area contributed by atoms with Crippen LogP contribution in [-0.2, 0) is 13.5 Å². The quantitative estimate of drug-likeness (QED) is 0.785. The molecule has 1 fully saturated rings. The van der Waals surface area contributed by atoms with E-state index in [0.29, 0.717) is 5.54 Å². The summed E-state index contributed by atoms with van der Waals surface area (Å²) >= 11 is 0. The van der Waals surface area contributed by atoms with E-state index in [1.54, 1.807) is 0 Å². The summed E-state index contributed by atoms with van der Waals surface area (Å²) in [6.45, 7) is 9.44. The SMILES string of the molecule is Cn1cncc1CC1CCCN(C(C)(C)C)C1. The number of rotatable bonds is 2. The van der Waals surface area contributed by atoms with Gasteiger partial charge in [-0.3, -0.25) is 4.90 Å². The second-order valence-corrected chi connectivity index (χ2v) is 6.33. The van der Waals surface area contributed by atoms with Crippen LogP contribution in [-0.4, -0.2) is 33.1 Å². The van der Waals surface area contributed by atoms with Gasteiger partial charge in [-0.25, -0.2) is 4.98 Å². The maximum atomic E-state index is 4.20. The molecule has 0 saturated carbocycles. The highest BCUT2D eigenvalue weighted by atomic mass is 15.2. The first-order valence-electron chi connectivity index (χ1n) is 6.67. The Labute approximate surface area is 105 Å². The van der Waals surface area contributed by atoms with Crippen LogP contribution in [0.3, 0.4) is 0 Å². The predicted molar refractivity (Wildman–Crippen MR) is 71.0 cm³/mol. The molecule has 2 heterocycles. The molecule has 2 rings (SSSR count). The number of piperidine rings is 1. The van der Waals surface area contributed by atoms with Gasteiger partial charge in [0.05, 0.1) is 6.33 Å². The summed E-state index contributed by atoms with van der Waals surface area (Å²) < 4.78 is 2.15. The molecule has 3 heteroatoms. The topological polar surface area (TPSA) is 21.1 Å². The minimum absolute atomic E-state index is 0.311. The maximum Gasteiger partial charge on any atom is 0.0945 e. The van der Waals surface area contributed by atoms with Gasteiger partial charge in [0, 0.05) is 31.0 Å². The van der Waals surface area contributed by atoms with Crippen molar-refractivity contribution >= 4 is 0 Å². The van der Waals surface area contributed by atoms with Crippen molar-refractivity contribution in [2.45, 2.75) is 45.6 Å². The lowest BCUT2D eigenvalue weighted by Crippen LogP contribution is -2.47. The van der Waals surface area contributed by atoms with Gasteiger partial charge in [0.2, 0.25) is 0 Å². The Balaban J connectivity index is 1.96. The number of imidazole rings is 1. The zero-order valence-corrected chi connectivity index (χ0v) is 11.6. The highest BCUT2D eigenvalue weighted by molar-refractivity contribution is 5.00. The summed E-state index contributed by atoms with van der Waals surface area (Å²) in [6, 6.07) is 0. The lowest BCUT2D eigenvalue weighted by Gasteiger charge is -2.41. The fourth-order valence-electron chi connectivity index (χ4n) is 2.72. The number of hydrogen-bond acceptors (Lipinski definition) is 2. The highest BCUT2D eigenvalue weighted by Crippen LogP contribution is 2.25. The average molecular weight is 235 g/mol. The molecule has 17 heavy (non-hydrogen) atoms. The Morgan fingerprint density at radius 1 is 1.41 bits per heavy atom. The van der Waals surface area contributed by atoms with Crippen LogP contribution in [0.4, 0.5) is 0 Å². The molecule has 1 aliphatic rings. The van der Waals surface area contributed by atoms with E-state index in [1.807, 2.05) is 12.5 Å². The van der Waals surface area contributed by atoms with Crippen LogP contribution in [0.1, 0.15) is 39.3 Å². The molecule has 0 aliphatic carbocycles. The molecule has 0 amide bonds. The number of aromatic nitrogens is 2. The van der Waals surface area contributed by atoms with E-state index < -0.39 is 0 Å². The summed E-state index contributed by atoms with van der Waals surface area (Å²) in [6.07, 6.45) is 7.77. The summed E-state index contributed by atoms with van der Waals surface area (Å²) in [5.74, 6) is 0.790. The van der Waals surface area contributed by atoms with E-state index >= 15 is 0 Å². The molecule has 1 aromatic heterocycles. The molecule has 0 aromatic carbocycles. The Hall–Kier alpha value is -0.830. The minimum atomic E-state index is 0.311. The molecule has 0 spiro atoms. The standard InChI is InChI=1S/C14H25N3/c1-14(2,3)17-7-5-6-12(10-17)8-13-9-15-11-16(13)4/h9,11-12H,5-8,10H2,1-4H3. The Morgan fingerprint density at radius 3 is 2.76 bits per heavy atom. The third-order valence-corrected chi connectivity index (χ3v) is 3.88. The summed E-state index contributed by atoms with van der Waals surface area (Å²) in [4.78, 5) is 6.83. The normalized spacial score (nSPS) is 22.9. The smallest absolute Gasteiger partial charge is 0.0945 e. The Morgan fingerprint density at radius 2 is 2.18 bits per heavy atom. The largest absolute Gasteiger partial charge is 0.338 e. The first-order chi connectivity index (χ1) is 7.97.